The minimum Gasteiger partial charge on any atom is -0.371 e. The summed E-state index contributed by atoms with van der Waals surface area (Å²) in [5, 5.41) is 3.35. The first-order chi connectivity index (χ1) is 10.7. The molecule has 1 amide bonds. The summed E-state index contributed by atoms with van der Waals surface area (Å²) in [6.45, 7) is 4.03. The number of primary amides is 1. The van der Waals surface area contributed by atoms with Crippen LogP contribution in [-0.4, -0.2) is 42.1 Å². The average Bonchev–Trinajstić information content (AvgIpc) is 3.24. The number of aromatic nitrogens is 2. The van der Waals surface area contributed by atoms with Crippen molar-refractivity contribution in [3.63, 3.8) is 0 Å². The Labute approximate surface area is 129 Å². The fourth-order valence-corrected chi connectivity index (χ4v) is 3.55. The van der Waals surface area contributed by atoms with Crippen LogP contribution in [0.5, 0.6) is 0 Å². The van der Waals surface area contributed by atoms with Crippen molar-refractivity contribution >= 4 is 22.6 Å². The van der Waals surface area contributed by atoms with Crippen molar-refractivity contribution in [2.24, 2.45) is 5.73 Å². The normalized spacial score (nSPS) is 21.8. The second kappa shape index (κ2) is 5.28. The first kappa shape index (κ1) is 13.6. The number of nitrogens with one attached hydrogen (secondary N) is 2. The van der Waals surface area contributed by atoms with E-state index in [0.29, 0.717) is 17.0 Å². The summed E-state index contributed by atoms with van der Waals surface area (Å²) in [4.78, 5) is 22.2. The molecule has 0 bridgehead atoms. The lowest BCUT2D eigenvalue weighted by Gasteiger charge is -2.18. The number of fused-ring (bicyclic) bond motifs is 1. The first-order valence-electron chi connectivity index (χ1n) is 8.01. The van der Waals surface area contributed by atoms with Crippen molar-refractivity contribution in [1.82, 2.24) is 15.3 Å². The second-order valence-corrected chi connectivity index (χ2v) is 6.26. The fourth-order valence-electron chi connectivity index (χ4n) is 3.55. The zero-order valence-corrected chi connectivity index (χ0v) is 12.6. The molecule has 22 heavy (non-hydrogen) atoms. The number of carbonyl (C=O) groups is 1. The third-order valence-corrected chi connectivity index (χ3v) is 4.77. The van der Waals surface area contributed by atoms with Crippen LogP contribution in [0.2, 0.25) is 0 Å². The van der Waals surface area contributed by atoms with E-state index in [2.05, 4.69) is 26.3 Å². The summed E-state index contributed by atoms with van der Waals surface area (Å²) in [6, 6.07) is 4.00. The monoisotopic (exact) mass is 299 g/mol. The van der Waals surface area contributed by atoms with Crippen molar-refractivity contribution in [3.8, 4) is 0 Å². The zero-order valence-electron chi connectivity index (χ0n) is 12.6. The summed E-state index contributed by atoms with van der Waals surface area (Å²) in [6.07, 6.45) is 3.47. The highest BCUT2D eigenvalue weighted by Gasteiger charge is 2.23. The van der Waals surface area contributed by atoms with Crippen molar-refractivity contribution < 1.29 is 4.79 Å². The molecule has 3 heterocycles. The molecule has 4 rings (SSSR count). The molecule has 0 aliphatic carbocycles. The second-order valence-electron chi connectivity index (χ2n) is 6.26. The molecule has 116 valence electrons. The van der Waals surface area contributed by atoms with Crippen LogP contribution in [0.4, 0.5) is 5.69 Å². The highest BCUT2D eigenvalue weighted by Crippen LogP contribution is 2.29. The van der Waals surface area contributed by atoms with Gasteiger partial charge in [-0.05, 0) is 37.9 Å². The van der Waals surface area contributed by atoms with Gasteiger partial charge in [-0.3, -0.25) is 4.79 Å². The number of imidazole rings is 1. The lowest BCUT2D eigenvalue weighted by atomic mass is 10.1. The number of hydrogen-bond donors (Lipinski definition) is 3. The number of nitrogens with two attached hydrogens (primary N) is 1. The topological polar surface area (TPSA) is 87.0 Å². The number of aromatic amines is 1. The van der Waals surface area contributed by atoms with Gasteiger partial charge in [-0.15, -0.1) is 0 Å². The average molecular weight is 299 g/mol. The van der Waals surface area contributed by atoms with Crippen LogP contribution in [0.3, 0.4) is 0 Å². The van der Waals surface area contributed by atoms with E-state index in [4.69, 9.17) is 5.73 Å². The molecule has 1 aromatic heterocycles. The maximum absolute atomic E-state index is 11.9. The van der Waals surface area contributed by atoms with E-state index in [9.17, 15) is 4.79 Å². The molecule has 6 nitrogen and oxygen atoms in total. The van der Waals surface area contributed by atoms with Gasteiger partial charge in [0.2, 0.25) is 0 Å². The van der Waals surface area contributed by atoms with Crippen molar-refractivity contribution in [3.05, 3.63) is 23.5 Å². The van der Waals surface area contributed by atoms with E-state index < -0.39 is 5.91 Å². The Balaban J connectivity index is 1.81. The lowest BCUT2D eigenvalue weighted by molar-refractivity contribution is 0.100. The van der Waals surface area contributed by atoms with Crippen molar-refractivity contribution in [2.75, 3.05) is 31.1 Å². The Kier molecular flexibility index (Phi) is 3.26. The van der Waals surface area contributed by atoms with Crippen molar-refractivity contribution in [1.29, 1.82) is 0 Å². The predicted octanol–water partition coefficient (Wildman–Crippen LogP) is 1.34. The molecule has 2 saturated heterocycles. The van der Waals surface area contributed by atoms with Gasteiger partial charge in [-0.25, -0.2) is 4.98 Å². The molecule has 1 aromatic carbocycles. The van der Waals surface area contributed by atoms with E-state index in [-0.39, 0.29) is 0 Å². The standard InChI is InChI=1S/C16H21N5O/c17-15(22)12-7-11(21-5-1-2-6-21)8-13-14(12)20-16(19-13)10-3-4-18-9-10/h7-8,10,18H,1-6,9H2,(H2,17,22)(H,19,20). The Morgan fingerprint density at radius 2 is 2.14 bits per heavy atom. The van der Waals surface area contributed by atoms with Gasteiger partial charge in [0.15, 0.2) is 0 Å². The van der Waals surface area contributed by atoms with Gasteiger partial charge in [0.05, 0.1) is 11.1 Å². The maximum atomic E-state index is 11.9. The third-order valence-electron chi connectivity index (χ3n) is 4.77. The number of benzene rings is 1. The highest BCUT2D eigenvalue weighted by molar-refractivity contribution is 6.05. The molecule has 1 unspecified atom stereocenters. The Morgan fingerprint density at radius 1 is 1.32 bits per heavy atom. The molecular formula is C16H21N5O. The summed E-state index contributed by atoms with van der Waals surface area (Å²) >= 11 is 0. The third kappa shape index (κ3) is 2.23. The minimum atomic E-state index is -0.409. The van der Waals surface area contributed by atoms with E-state index >= 15 is 0 Å². The van der Waals surface area contributed by atoms with Gasteiger partial charge in [-0.2, -0.15) is 0 Å². The van der Waals surface area contributed by atoms with Crippen LogP contribution in [0.15, 0.2) is 12.1 Å². The molecule has 1 atom stereocenters. The molecule has 2 aliphatic heterocycles. The van der Waals surface area contributed by atoms with Gasteiger partial charge in [0.1, 0.15) is 11.3 Å². The summed E-state index contributed by atoms with van der Waals surface area (Å²) < 4.78 is 0. The molecule has 4 N–H and O–H groups in total. The maximum Gasteiger partial charge on any atom is 0.251 e. The van der Waals surface area contributed by atoms with Gasteiger partial charge in [-0.1, -0.05) is 0 Å². The number of carbonyl (C=O) groups excluding carboxylic acids is 1. The Morgan fingerprint density at radius 3 is 2.82 bits per heavy atom. The highest BCUT2D eigenvalue weighted by atomic mass is 16.1. The summed E-state index contributed by atoms with van der Waals surface area (Å²) in [5.74, 6) is 0.943. The Hall–Kier alpha value is -2.08. The SMILES string of the molecule is NC(=O)c1cc(N2CCCC2)cc2[nH]c(C3CCNC3)nc12. The van der Waals surface area contributed by atoms with Crippen LogP contribution < -0.4 is 16.0 Å². The molecule has 2 aromatic rings. The summed E-state index contributed by atoms with van der Waals surface area (Å²) in [5.41, 5.74) is 8.80. The van der Waals surface area contributed by atoms with E-state index in [1.54, 1.807) is 0 Å². The van der Waals surface area contributed by atoms with E-state index in [1.807, 2.05) is 6.07 Å². The molecular weight excluding hydrogens is 278 g/mol. The molecule has 6 heteroatoms. The van der Waals surface area contributed by atoms with Gasteiger partial charge < -0.3 is 20.9 Å². The largest absolute Gasteiger partial charge is 0.371 e. The summed E-state index contributed by atoms with van der Waals surface area (Å²) in [7, 11) is 0. The molecule has 2 fully saturated rings. The van der Waals surface area contributed by atoms with Crippen molar-refractivity contribution in [2.45, 2.75) is 25.2 Å². The number of hydrogen-bond acceptors (Lipinski definition) is 4. The van der Waals surface area contributed by atoms with Crippen LogP contribution in [0.1, 0.15) is 41.4 Å². The number of nitrogens with zero attached hydrogens (tertiary/aromatic N) is 2. The zero-order chi connectivity index (χ0) is 15.1. The smallest absolute Gasteiger partial charge is 0.251 e. The fraction of sp³-hybridized carbons (Fsp3) is 0.500. The number of rotatable bonds is 3. The van der Waals surface area contributed by atoms with Gasteiger partial charge >= 0.3 is 0 Å². The first-order valence-corrected chi connectivity index (χ1v) is 8.01. The van der Waals surface area contributed by atoms with Crippen LogP contribution in [0.25, 0.3) is 11.0 Å². The molecule has 0 spiro atoms. The van der Waals surface area contributed by atoms with Crippen LogP contribution in [0, 0.1) is 0 Å². The van der Waals surface area contributed by atoms with Gasteiger partial charge in [0, 0.05) is 31.2 Å². The Bertz CT molecular complexity index is 711. The molecule has 0 radical (unpaired) electrons. The molecule has 0 saturated carbocycles. The minimum absolute atomic E-state index is 0.392. The van der Waals surface area contributed by atoms with Crippen LogP contribution in [-0.2, 0) is 0 Å². The van der Waals surface area contributed by atoms with E-state index in [0.717, 1.165) is 49.6 Å². The quantitative estimate of drug-likeness (QED) is 0.798. The number of H-pyrrole nitrogens is 1. The lowest BCUT2D eigenvalue weighted by Crippen LogP contribution is -2.19. The van der Waals surface area contributed by atoms with Gasteiger partial charge in [0.25, 0.3) is 5.91 Å². The predicted molar refractivity (Wildman–Crippen MR) is 86.3 cm³/mol. The van der Waals surface area contributed by atoms with E-state index in [1.165, 1.54) is 12.8 Å². The molecule has 2 aliphatic rings. The number of anilines is 1. The number of amides is 1. The van der Waals surface area contributed by atoms with Crippen LogP contribution >= 0.6 is 0 Å².